The minimum absolute atomic E-state index is 0.0943. The molecular formula is C66H55Cl3N10O6. The molecule has 0 radical (unpaired) electrons. The van der Waals surface area contributed by atoms with E-state index in [1.807, 2.05) is 191 Å². The van der Waals surface area contributed by atoms with Crippen molar-refractivity contribution < 1.29 is 28.9 Å². The Balaban J connectivity index is 0.000000143. The summed E-state index contributed by atoms with van der Waals surface area (Å²) in [7, 11) is 4.88. The number of aliphatic carboxylic acids is 1. The van der Waals surface area contributed by atoms with Crippen LogP contribution in [-0.4, -0.2) is 76.9 Å². The van der Waals surface area contributed by atoms with E-state index in [0.29, 0.717) is 67.4 Å². The van der Waals surface area contributed by atoms with Gasteiger partial charge in [-0.1, -0.05) is 95.5 Å². The molecule has 0 spiro atoms. The summed E-state index contributed by atoms with van der Waals surface area (Å²) < 4.78 is 22.3. The molecule has 0 aliphatic heterocycles. The minimum Gasteiger partial charge on any atom is -0.496 e. The summed E-state index contributed by atoms with van der Waals surface area (Å²) >= 11 is 18.1. The lowest BCUT2D eigenvalue weighted by Gasteiger charge is -2.11. The molecule has 0 aliphatic rings. The van der Waals surface area contributed by atoms with Crippen LogP contribution in [0.4, 0.5) is 11.4 Å². The number of aromatic amines is 1. The molecule has 1 amide bonds. The first kappa shape index (κ1) is 58.1. The summed E-state index contributed by atoms with van der Waals surface area (Å²) in [4.78, 5) is 45.9. The lowest BCUT2D eigenvalue weighted by Crippen LogP contribution is -2.15. The van der Waals surface area contributed by atoms with Crippen molar-refractivity contribution in [1.29, 1.82) is 0 Å². The lowest BCUT2D eigenvalue weighted by molar-refractivity contribution is -0.136. The fraction of sp³-hybridized carbons (Fsp3) is 0.0909. The first-order valence-corrected chi connectivity index (χ1v) is 27.7. The van der Waals surface area contributed by atoms with E-state index in [-0.39, 0.29) is 18.7 Å². The molecule has 16 nitrogen and oxygen atoms in total. The summed E-state index contributed by atoms with van der Waals surface area (Å²) in [5, 5.41) is 13.9. The van der Waals surface area contributed by atoms with Crippen molar-refractivity contribution in [3.8, 4) is 68.5 Å². The van der Waals surface area contributed by atoms with E-state index in [2.05, 4.69) is 19.9 Å². The van der Waals surface area contributed by atoms with Gasteiger partial charge in [-0.2, -0.15) is 0 Å². The van der Waals surface area contributed by atoms with Gasteiger partial charge in [-0.25, -0.2) is 19.9 Å². The molecule has 0 bridgehead atoms. The van der Waals surface area contributed by atoms with Crippen LogP contribution in [0.2, 0.25) is 15.1 Å². The van der Waals surface area contributed by atoms with Gasteiger partial charge in [0.15, 0.2) is 0 Å². The van der Waals surface area contributed by atoms with Crippen molar-refractivity contribution in [3.63, 3.8) is 0 Å². The van der Waals surface area contributed by atoms with Crippen molar-refractivity contribution >= 4 is 69.1 Å². The number of halogens is 3. The van der Waals surface area contributed by atoms with Crippen molar-refractivity contribution in [2.24, 2.45) is 0 Å². The largest absolute Gasteiger partial charge is 0.496 e. The first-order valence-electron chi connectivity index (χ1n) is 26.6. The van der Waals surface area contributed by atoms with Crippen molar-refractivity contribution in [1.82, 2.24) is 38.6 Å². The normalized spacial score (nSPS) is 10.8. The average Bonchev–Trinajstić information content (AvgIpc) is 2.84. The van der Waals surface area contributed by atoms with E-state index in [1.165, 1.54) is 0 Å². The number of amides is 1. The van der Waals surface area contributed by atoms with Crippen LogP contribution in [0, 0.1) is 0 Å². The SMILES string of the molecule is COc1ccccc1-c1nc(CC(=O)Nc2ccccc2N)cn1-c1ccc(Cl)cc1.COc1ccccc1-c1nc(CC(=O)O)cn1-c1ccc(Cl)cc1.COc1ccccc1-c1nc(Cc2nc3ccccc3[nH]2)cn1-c1ccc(Cl)cc1. The predicted octanol–water partition coefficient (Wildman–Crippen LogP) is 14.5. The van der Waals surface area contributed by atoms with Gasteiger partial charge in [0.1, 0.15) is 40.5 Å². The standard InChI is InChI=1S/C24H21ClN4O2.C24H19ClN4O.C18H15ClN2O3/c1-31-22-9-5-2-6-19(22)24-27-17(15-29(24)18-12-10-16(25)11-13-18)14-23(30)28-21-8-4-3-7-20(21)26;1-30-22-9-5-2-6-19(22)24-26-17(15-29(24)18-12-10-16(25)11-13-18)14-23-27-20-7-3-4-8-21(20)28-23;1-24-16-5-3-2-4-15(16)18-20-13(10-17(22)23)11-21(18)14-8-6-12(19)7-9-14/h2-13,15H,14,26H2,1H3,(H,28,30);2-13,15H,14H2,1H3,(H,27,28);2-9,11H,10H2,1H3,(H,22,23). The number of H-pyrrole nitrogens is 1. The first-order chi connectivity index (χ1) is 41.3. The van der Waals surface area contributed by atoms with E-state index >= 15 is 0 Å². The number of methoxy groups -OCH3 is 3. The molecule has 5 N–H and O–H groups in total. The van der Waals surface area contributed by atoms with Crippen LogP contribution in [0.15, 0.2) is 213 Å². The molecule has 85 heavy (non-hydrogen) atoms. The molecule has 0 fully saturated rings. The Morgan fingerprint density at radius 1 is 0.494 bits per heavy atom. The average molecular weight is 1190 g/mol. The Kier molecular flexibility index (Phi) is 18.3. The minimum atomic E-state index is -0.928. The Hall–Kier alpha value is -10.1. The third kappa shape index (κ3) is 14.0. The van der Waals surface area contributed by atoms with Crippen LogP contribution in [0.25, 0.3) is 62.3 Å². The quantitative estimate of drug-likeness (QED) is 0.0671. The number of anilines is 2. The zero-order valence-electron chi connectivity index (χ0n) is 46.2. The van der Waals surface area contributed by atoms with Gasteiger partial charge in [0, 0.05) is 57.1 Å². The van der Waals surface area contributed by atoms with Crippen molar-refractivity contribution in [2.45, 2.75) is 19.3 Å². The van der Waals surface area contributed by atoms with Crippen LogP contribution in [0.5, 0.6) is 17.2 Å². The van der Waals surface area contributed by atoms with Crippen molar-refractivity contribution in [2.75, 3.05) is 32.4 Å². The van der Waals surface area contributed by atoms with Crippen LogP contribution in [0.3, 0.4) is 0 Å². The Morgan fingerprint density at radius 2 is 0.882 bits per heavy atom. The molecule has 0 unspecified atom stereocenters. The van der Waals surface area contributed by atoms with E-state index < -0.39 is 5.97 Å². The Morgan fingerprint density at radius 3 is 1.32 bits per heavy atom. The number of ether oxygens (including phenoxy) is 3. The second-order valence-electron chi connectivity index (χ2n) is 19.1. The molecule has 0 atom stereocenters. The number of nitrogens with two attached hydrogens (primary N) is 1. The summed E-state index contributed by atoms with van der Waals surface area (Å²) in [5.41, 5.74) is 16.2. The summed E-state index contributed by atoms with van der Waals surface area (Å²) in [6.07, 6.45) is 6.15. The molecular weight excluding hydrogens is 1140 g/mol. The maximum atomic E-state index is 12.6. The number of carboxylic acids is 1. The number of aromatic nitrogens is 8. The smallest absolute Gasteiger partial charge is 0.309 e. The van der Waals surface area contributed by atoms with Crippen LogP contribution in [0.1, 0.15) is 22.9 Å². The number of fused-ring (bicyclic) bond motifs is 1. The highest BCUT2D eigenvalue weighted by Gasteiger charge is 2.21. The molecule has 12 aromatic rings. The van der Waals surface area contributed by atoms with Crippen molar-refractivity contribution in [3.05, 3.63) is 251 Å². The molecule has 12 rings (SSSR count). The molecule has 0 saturated carbocycles. The number of carbonyl (C=O) groups excluding carboxylic acids is 1. The van der Waals surface area contributed by atoms with E-state index in [9.17, 15) is 9.59 Å². The number of nitrogens with zero attached hydrogens (tertiary/aromatic N) is 7. The summed E-state index contributed by atoms with van der Waals surface area (Å²) in [5.74, 6) is 3.97. The second kappa shape index (κ2) is 26.8. The number of carboxylic acid groups (broad SMARTS) is 1. The Bertz CT molecular complexity index is 4240. The zero-order valence-corrected chi connectivity index (χ0v) is 48.4. The number of nitrogens with one attached hydrogen (secondary N) is 2. The zero-order chi connectivity index (χ0) is 59.4. The fourth-order valence-corrected chi connectivity index (χ4v) is 9.76. The Labute approximate surface area is 504 Å². The van der Waals surface area contributed by atoms with Gasteiger partial charge < -0.3 is 35.4 Å². The van der Waals surface area contributed by atoms with Gasteiger partial charge in [0.05, 0.1) is 90.4 Å². The van der Waals surface area contributed by atoms with Gasteiger partial charge in [0.25, 0.3) is 0 Å². The third-order valence-electron chi connectivity index (χ3n) is 13.3. The molecule has 0 aliphatic carbocycles. The summed E-state index contributed by atoms with van der Waals surface area (Å²) in [6.45, 7) is 0. The van der Waals surface area contributed by atoms with Crippen LogP contribution < -0.4 is 25.3 Å². The van der Waals surface area contributed by atoms with Gasteiger partial charge in [0.2, 0.25) is 5.91 Å². The topological polar surface area (TPSA) is 202 Å². The van der Waals surface area contributed by atoms with Gasteiger partial charge in [-0.3, -0.25) is 23.3 Å². The highest BCUT2D eigenvalue weighted by molar-refractivity contribution is 6.31. The highest BCUT2D eigenvalue weighted by atomic mass is 35.5. The number of nitrogen functional groups attached to an aromatic ring is 1. The lowest BCUT2D eigenvalue weighted by atomic mass is 10.2. The number of hydrogen-bond acceptors (Lipinski definition) is 10. The number of para-hydroxylation sites is 7. The molecule has 0 saturated heterocycles. The van der Waals surface area contributed by atoms with E-state index in [1.54, 1.807) is 51.8 Å². The highest BCUT2D eigenvalue weighted by Crippen LogP contribution is 2.35. The second-order valence-corrected chi connectivity index (χ2v) is 20.4. The van der Waals surface area contributed by atoms with Gasteiger partial charge >= 0.3 is 5.97 Å². The maximum Gasteiger partial charge on any atom is 0.309 e. The summed E-state index contributed by atoms with van der Waals surface area (Å²) in [6, 6.07) is 60.6. The van der Waals surface area contributed by atoms with Gasteiger partial charge in [-0.15, -0.1) is 0 Å². The number of benzene rings is 8. The monoisotopic (exact) mass is 1190 g/mol. The molecule has 19 heteroatoms. The fourth-order valence-electron chi connectivity index (χ4n) is 9.38. The number of rotatable bonds is 16. The number of hydrogen-bond donors (Lipinski definition) is 4. The van der Waals surface area contributed by atoms with Crippen LogP contribution in [-0.2, 0) is 28.9 Å². The van der Waals surface area contributed by atoms with E-state index in [4.69, 9.17) is 74.8 Å². The third-order valence-corrected chi connectivity index (χ3v) is 14.1. The van der Waals surface area contributed by atoms with Crippen LogP contribution >= 0.6 is 34.8 Å². The number of imidazole rings is 4. The molecule has 4 aromatic heterocycles. The molecule has 4 heterocycles. The molecule has 426 valence electrons. The number of carbonyl (C=O) groups is 2. The predicted molar refractivity (Wildman–Crippen MR) is 335 cm³/mol. The molecule has 8 aromatic carbocycles. The van der Waals surface area contributed by atoms with E-state index in [0.717, 1.165) is 67.9 Å². The van der Waals surface area contributed by atoms with Gasteiger partial charge in [-0.05, 0) is 133 Å². The maximum absolute atomic E-state index is 12.6.